The second kappa shape index (κ2) is 3.57. The molecule has 1 amide bonds. The molecule has 0 unspecified atom stereocenters. The Balaban J connectivity index is 1.95. The van der Waals surface area contributed by atoms with E-state index in [-0.39, 0.29) is 5.91 Å². The molecule has 14 heavy (non-hydrogen) atoms. The van der Waals surface area contributed by atoms with Gasteiger partial charge in [-0.25, -0.2) is 0 Å². The maximum Gasteiger partial charge on any atom is 0.258 e. The summed E-state index contributed by atoms with van der Waals surface area (Å²) in [5.41, 5.74) is 0. The summed E-state index contributed by atoms with van der Waals surface area (Å²) >= 11 is 0. The van der Waals surface area contributed by atoms with Gasteiger partial charge in [0.15, 0.2) is 11.5 Å². The number of ether oxygens (including phenoxy) is 2. The van der Waals surface area contributed by atoms with E-state index < -0.39 is 6.29 Å². The molecule has 4 heteroatoms. The SMILES string of the molecule is CC(=O)NCC1Oc2ccccc2O1. The molecule has 0 bridgehead atoms. The van der Waals surface area contributed by atoms with Crippen LogP contribution < -0.4 is 14.8 Å². The molecule has 0 radical (unpaired) electrons. The topological polar surface area (TPSA) is 47.6 Å². The van der Waals surface area contributed by atoms with Crippen molar-refractivity contribution in [3.05, 3.63) is 24.3 Å². The summed E-state index contributed by atoms with van der Waals surface area (Å²) in [5, 5.41) is 2.63. The van der Waals surface area contributed by atoms with Crippen LogP contribution in [0.2, 0.25) is 0 Å². The Labute approximate surface area is 81.8 Å². The monoisotopic (exact) mass is 193 g/mol. The van der Waals surface area contributed by atoms with Gasteiger partial charge >= 0.3 is 0 Å². The van der Waals surface area contributed by atoms with E-state index >= 15 is 0 Å². The average molecular weight is 193 g/mol. The van der Waals surface area contributed by atoms with Crippen molar-refractivity contribution in [2.24, 2.45) is 0 Å². The number of fused-ring (bicyclic) bond motifs is 1. The van der Waals surface area contributed by atoms with Gasteiger partial charge < -0.3 is 14.8 Å². The second-order valence-electron chi connectivity index (χ2n) is 3.05. The smallest absolute Gasteiger partial charge is 0.258 e. The van der Waals surface area contributed by atoms with Crippen molar-refractivity contribution in [1.29, 1.82) is 0 Å². The van der Waals surface area contributed by atoms with E-state index in [4.69, 9.17) is 9.47 Å². The molecule has 0 atom stereocenters. The lowest BCUT2D eigenvalue weighted by Crippen LogP contribution is -2.35. The maximum atomic E-state index is 10.7. The number of hydrogen-bond acceptors (Lipinski definition) is 3. The van der Waals surface area contributed by atoms with E-state index in [1.165, 1.54) is 6.92 Å². The number of para-hydroxylation sites is 2. The van der Waals surface area contributed by atoms with Crippen LogP contribution in [0.4, 0.5) is 0 Å². The highest BCUT2D eigenvalue weighted by molar-refractivity contribution is 5.72. The molecule has 0 fully saturated rings. The third-order valence-corrected chi connectivity index (χ3v) is 1.88. The number of amides is 1. The summed E-state index contributed by atoms with van der Waals surface area (Å²) < 4.78 is 10.8. The van der Waals surface area contributed by atoms with Crippen LogP contribution in [-0.2, 0) is 4.79 Å². The van der Waals surface area contributed by atoms with Crippen LogP contribution in [0.5, 0.6) is 11.5 Å². The van der Waals surface area contributed by atoms with E-state index in [1.54, 1.807) is 0 Å². The Kier molecular flexibility index (Phi) is 2.26. The quantitative estimate of drug-likeness (QED) is 0.759. The highest BCUT2D eigenvalue weighted by Gasteiger charge is 2.23. The molecule has 1 N–H and O–H groups in total. The first-order valence-electron chi connectivity index (χ1n) is 4.42. The van der Waals surface area contributed by atoms with Gasteiger partial charge in [0.25, 0.3) is 6.29 Å². The molecular weight excluding hydrogens is 182 g/mol. The van der Waals surface area contributed by atoms with Crippen LogP contribution in [0.25, 0.3) is 0 Å². The molecule has 0 aromatic heterocycles. The predicted molar refractivity (Wildman–Crippen MR) is 50.2 cm³/mol. The molecule has 0 spiro atoms. The normalized spacial score (nSPS) is 14.1. The largest absolute Gasteiger partial charge is 0.449 e. The van der Waals surface area contributed by atoms with Crippen LogP contribution in [0.15, 0.2) is 24.3 Å². The molecule has 0 saturated heterocycles. The zero-order valence-electron chi connectivity index (χ0n) is 7.82. The van der Waals surface area contributed by atoms with E-state index in [9.17, 15) is 4.79 Å². The molecule has 2 rings (SSSR count). The molecule has 1 aliphatic rings. The summed E-state index contributed by atoms with van der Waals surface area (Å²) in [6.45, 7) is 1.83. The number of benzene rings is 1. The van der Waals surface area contributed by atoms with E-state index in [1.807, 2.05) is 24.3 Å². The highest BCUT2D eigenvalue weighted by atomic mass is 16.7. The van der Waals surface area contributed by atoms with Gasteiger partial charge in [-0.3, -0.25) is 4.79 Å². The summed E-state index contributed by atoms with van der Waals surface area (Å²) in [4.78, 5) is 10.7. The summed E-state index contributed by atoms with van der Waals surface area (Å²) in [6.07, 6.45) is -0.406. The molecule has 1 aliphatic heterocycles. The number of hydrogen-bond donors (Lipinski definition) is 1. The fourth-order valence-electron chi connectivity index (χ4n) is 1.26. The maximum absolute atomic E-state index is 10.7. The van der Waals surface area contributed by atoms with E-state index in [0.717, 1.165) is 11.5 Å². The van der Waals surface area contributed by atoms with Gasteiger partial charge in [-0.05, 0) is 12.1 Å². The minimum atomic E-state index is -0.406. The molecule has 0 aliphatic carbocycles. The predicted octanol–water partition coefficient (Wildman–Crippen LogP) is 0.920. The molecule has 1 heterocycles. The van der Waals surface area contributed by atoms with Crippen molar-refractivity contribution in [3.8, 4) is 11.5 Å². The molecule has 1 aromatic carbocycles. The first-order valence-corrected chi connectivity index (χ1v) is 4.42. The highest BCUT2D eigenvalue weighted by Crippen LogP contribution is 2.33. The van der Waals surface area contributed by atoms with Gasteiger partial charge in [-0.2, -0.15) is 0 Å². The van der Waals surface area contributed by atoms with Crippen LogP contribution >= 0.6 is 0 Å². The molecular formula is C10H11NO3. The first kappa shape index (κ1) is 8.87. The van der Waals surface area contributed by atoms with Crippen molar-refractivity contribution in [1.82, 2.24) is 5.32 Å². The van der Waals surface area contributed by atoms with Gasteiger partial charge in [-0.15, -0.1) is 0 Å². The van der Waals surface area contributed by atoms with Gasteiger partial charge in [0.1, 0.15) is 0 Å². The molecule has 0 saturated carbocycles. The first-order chi connectivity index (χ1) is 6.75. The van der Waals surface area contributed by atoms with Crippen molar-refractivity contribution in [2.45, 2.75) is 13.2 Å². The fraction of sp³-hybridized carbons (Fsp3) is 0.300. The summed E-state index contributed by atoms with van der Waals surface area (Å²) in [6, 6.07) is 7.43. The Morgan fingerprint density at radius 1 is 1.36 bits per heavy atom. The van der Waals surface area contributed by atoms with Crippen molar-refractivity contribution < 1.29 is 14.3 Å². The minimum Gasteiger partial charge on any atom is -0.449 e. The Morgan fingerprint density at radius 2 is 1.93 bits per heavy atom. The van der Waals surface area contributed by atoms with Gasteiger partial charge in [-0.1, -0.05) is 12.1 Å². The third kappa shape index (κ3) is 1.79. The standard InChI is InChI=1S/C10H11NO3/c1-7(12)11-6-10-13-8-4-2-3-5-9(8)14-10/h2-5,10H,6H2,1H3,(H,11,12). The summed E-state index contributed by atoms with van der Waals surface area (Å²) in [5.74, 6) is 1.36. The van der Waals surface area contributed by atoms with Crippen LogP contribution in [-0.4, -0.2) is 18.7 Å². The lowest BCUT2D eigenvalue weighted by atomic mass is 10.3. The summed E-state index contributed by atoms with van der Waals surface area (Å²) in [7, 11) is 0. The van der Waals surface area contributed by atoms with Crippen molar-refractivity contribution in [3.63, 3.8) is 0 Å². The Hall–Kier alpha value is -1.71. The van der Waals surface area contributed by atoms with Crippen LogP contribution in [0, 0.1) is 0 Å². The lowest BCUT2D eigenvalue weighted by molar-refractivity contribution is -0.120. The van der Waals surface area contributed by atoms with E-state index in [2.05, 4.69) is 5.32 Å². The fourth-order valence-corrected chi connectivity index (χ4v) is 1.26. The van der Waals surface area contributed by atoms with Crippen LogP contribution in [0.1, 0.15) is 6.92 Å². The second-order valence-corrected chi connectivity index (χ2v) is 3.05. The number of carbonyl (C=O) groups excluding carboxylic acids is 1. The number of carbonyl (C=O) groups is 1. The molecule has 1 aromatic rings. The molecule has 74 valence electrons. The van der Waals surface area contributed by atoms with Crippen molar-refractivity contribution >= 4 is 5.91 Å². The Morgan fingerprint density at radius 3 is 2.43 bits per heavy atom. The van der Waals surface area contributed by atoms with Crippen molar-refractivity contribution in [2.75, 3.05) is 6.54 Å². The van der Waals surface area contributed by atoms with E-state index in [0.29, 0.717) is 6.54 Å². The zero-order valence-corrected chi connectivity index (χ0v) is 7.82. The minimum absolute atomic E-state index is 0.0897. The number of nitrogens with one attached hydrogen (secondary N) is 1. The zero-order chi connectivity index (χ0) is 9.97. The molecule has 4 nitrogen and oxygen atoms in total. The van der Waals surface area contributed by atoms with Gasteiger partial charge in [0, 0.05) is 6.92 Å². The van der Waals surface area contributed by atoms with Crippen LogP contribution in [0.3, 0.4) is 0 Å². The average Bonchev–Trinajstić information content (AvgIpc) is 2.57. The Bertz CT molecular complexity index is 326. The van der Waals surface area contributed by atoms with Gasteiger partial charge in [0.2, 0.25) is 5.91 Å². The lowest BCUT2D eigenvalue weighted by Gasteiger charge is -2.09. The third-order valence-electron chi connectivity index (χ3n) is 1.88. The number of rotatable bonds is 2. The van der Waals surface area contributed by atoms with Gasteiger partial charge in [0.05, 0.1) is 6.54 Å².